The molecule has 1 heterocycles. The first-order valence-electron chi connectivity index (χ1n) is 5.14. The Hall–Kier alpha value is -1.06. The van der Waals surface area contributed by atoms with Crippen molar-refractivity contribution in [1.82, 2.24) is 9.55 Å². The Morgan fingerprint density at radius 2 is 2.38 bits per heavy atom. The van der Waals surface area contributed by atoms with Crippen molar-refractivity contribution in [2.75, 3.05) is 0 Å². The maximum Gasteiger partial charge on any atom is 0.178 e. The molecule has 2 rings (SSSR count). The fourth-order valence-corrected chi connectivity index (χ4v) is 2.55. The number of nitrogens with one attached hydrogen (secondary N) is 1. The Morgan fingerprint density at radius 3 is 3.06 bits per heavy atom. The minimum Gasteiger partial charge on any atom is -0.331 e. The van der Waals surface area contributed by atoms with Gasteiger partial charge in [-0.2, -0.15) is 0 Å². The largest absolute Gasteiger partial charge is 0.331 e. The Morgan fingerprint density at radius 1 is 1.62 bits per heavy atom. The maximum atomic E-state index is 6.21. The molecule has 1 aromatic carbocycles. The van der Waals surface area contributed by atoms with Crippen LogP contribution in [0.5, 0.6) is 0 Å². The van der Waals surface area contributed by atoms with E-state index in [0.717, 1.165) is 22.5 Å². The third-order valence-electron chi connectivity index (χ3n) is 2.64. The number of halogens is 1. The van der Waals surface area contributed by atoms with Crippen LogP contribution in [-0.2, 0) is 0 Å². The van der Waals surface area contributed by atoms with Crippen LogP contribution < -0.4 is 0 Å². The van der Waals surface area contributed by atoms with E-state index >= 15 is 0 Å². The van der Waals surface area contributed by atoms with Gasteiger partial charge in [-0.25, -0.2) is 0 Å². The molecule has 0 fully saturated rings. The lowest BCUT2D eigenvalue weighted by Crippen LogP contribution is -2.04. The number of H-pyrrole nitrogens is 1. The first-order chi connectivity index (χ1) is 7.65. The monoisotopic (exact) mass is 252 g/mol. The molecule has 1 aromatic heterocycles. The van der Waals surface area contributed by atoms with Crippen molar-refractivity contribution in [3.63, 3.8) is 0 Å². The molecule has 1 N–H and O–H groups in total. The number of imidazole rings is 1. The van der Waals surface area contributed by atoms with Crippen molar-refractivity contribution < 1.29 is 0 Å². The van der Waals surface area contributed by atoms with Crippen LogP contribution in [0.4, 0.5) is 0 Å². The average molecular weight is 253 g/mol. The van der Waals surface area contributed by atoms with E-state index in [0.29, 0.717) is 4.77 Å². The lowest BCUT2D eigenvalue weighted by atomic mass is 10.2. The number of allylic oxidation sites excluding steroid dienone is 1. The summed E-state index contributed by atoms with van der Waals surface area (Å²) in [5.74, 6) is 0. The second kappa shape index (κ2) is 4.44. The number of hydrogen-bond donors (Lipinski definition) is 1. The highest BCUT2D eigenvalue weighted by Crippen LogP contribution is 2.27. The molecule has 0 aliphatic carbocycles. The Balaban J connectivity index is 2.72. The predicted molar refractivity (Wildman–Crippen MR) is 71.7 cm³/mol. The van der Waals surface area contributed by atoms with E-state index in [1.165, 1.54) is 0 Å². The molecular weight excluding hydrogens is 240 g/mol. The van der Waals surface area contributed by atoms with Gasteiger partial charge in [0.1, 0.15) is 0 Å². The molecule has 0 bridgehead atoms. The predicted octanol–water partition coefficient (Wildman–Crippen LogP) is 4.49. The van der Waals surface area contributed by atoms with Gasteiger partial charge < -0.3 is 9.55 Å². The second-order valence-corrected chi connectivity index (χ2v) is 4.60. The van der Waals surface area contributed by atoms with Gasteiger partial charge in [0, 0.05) is 6.04 Å². The minimum atomic E-state index is 0.263. The average Bonchev–Trinajstić information content (AvgIpc) is 2.56. The Bertz CT molecular complexity index is 582. The van der Waals surface area contributed by atoms with E-state index in [1.54, 1.807) is 0 Å². The molecule has 2 nitrogen and oxygen atoms in total. The van der Waals surface area contributed by atoms with Crippen molar-refractivity contribution in [2.24, 2.45) is 0 Å². The molecule has 0 saturated heterocycles. The molecule has 0 saturated carbocycles. The van der Waals surface area contributed by atoms with E-state index < -0.39 is 0 Å². The number of para-hydroxylation sites is 1. The van der Waals surface area contributed by atoms with Gasteiger partial charge in [0.25, 0.3) is 0 Å². The van der Waals surface area contributed by atoms with Gasteiger partial charge in [-0.3, -0.25) is 0 Å². The van der Waals surface area contributed by atoms with Crippen LogP contribution in [0.2, 0.25) is 5.02 Å². The van der Waals surface area contributed by atoms with Gasteiger partial charge in [0.2, 0.25) is 0 Å². The van der Waals surface area contributed by atoms with Crippen LogP contribution in [0, 0.1) is 4.77 Å². The lowest BCUT2D eigenvalue weighted by Gasteiger charge is -2.12. The molecule has 16 heavy (non-hydrogen) atoms. The molecule has 1 atom stereocenters. The van der Waals surface area contributed by atoms with Crippen LogP contribution in [0.25, 0.3) is 11.0 Å². The summed E-state index contributed by atoms with van der Waals surface area (Å²) in [7, 11) is 0. The van der Waals surface area contributed by atoms with Crippen LogP contribution in [0.15, 0.2) is 30.9 Å². The van der Waals surface area contributed by atoms with Crippen LogP contribution in [0.3, 0.4) is 0 Å². The molecule has 2 aromatic rings. The van der Waals surface area contributed by atoms with Gasteiger partial charge in [-0.05, 0) is 37.7 Å². The van der Waals surface area contributed by atoms with Crippen LogP contribution >= 0.6 is 23.8 Å². The quantitative estimate of drug-likeness (QED) is 0.631. The van der Waals surface area contributed by atoms with Crippen molar-refractivity contribution in [3.8, 4) is 0 Å². The molecule has 1 unspecified atom stereocenters. The number of hydrogen-bond acceptors (Lipinski definition) is 1. The highest BCUT2D eigenvalue weighted by Gasteiger charge is 2.12. The van der Waals surface area contributed by atoms with Crippen molar-refractivity contribution in [3.05, 3.63) is 40.6 Å². The zero-order chi connectivity index (χ0) is 11.7. The molecular formula is C12H13ClN2S. The Labute approximate surface area is 105 Å². The molecule has 4 heteroatoms. The van der Waals surface area contributed by atoms with Gasteiger partial charge in [0.15, 0.2) is 4.77 Å². The molecule has 0 radical (unpaired) electrons. The smallest absolute Gasteiger partial charge is 0.178 e. The summed E-state index contributed by atoms with van der Waals surface area (Å²) in [5, 5.41) is 0.723. The molecule has 84 valence electrons. The number of nitrogens with zero attached hydrogens (tertiary/aromatic N) is 1. The van der Waals surface area contributed by atoms with Crippen LogP contribution in [0.1, 0.15) is 19.4 Å². The van der Waals surface area contributed by atoms with Crippen molar-refractivity contribution in [1.29, 1.82) is 0 Å². The van der Waals surface area contributed by atoms with E-state index in [2.05, 4.69) is 23.1 Å². The molecule has 0 amide bonds. The van der Waals surface area contributed by atoms with E-state index in [-0.39, 0.29) is 6.04 Å². The second-order valence-electron chi connectivity index (χ2n) is 3.81. The summed E-state index contributed by atoms with van der Waals surface area (Å²) < 4.78 is 2.76. The zero-order valence-electron chi connectivity index (χ0n) is 9.03. The third-order valence-corrected chi connectivity index (χ3v) is 3.24. The van der Waals surface area contributed by atoms with Crippen molar-refractivity contribution >= 4 is 34.9 Å². The zero-order valence-corrected chi connectivity index (χ0v) is 10.6. The van der Waals surface area contributed by atoms with Crippen molar-refractivity contribution in [2.45, 2.75) is 19.4 Å². The minimum absolute atomic E-state index is 0.263. The normalized spacial score (nSPS) is 12.9. The van der Waals surface area contributed by atoms with Gasteiger partial charge in [-0.1, -0.05) is 23.7 Å². The van der Waals surface area contributed by atoms with Gasteiger partial charge >= 0.3 is 0 Å². The van der Waals surface area contributed by atoms with Crippen LogP contribution in [-0.4, -0.2) is 9.55 Å². The number of aromatic amines is 1. The lowest BCUT2D eigenvalue weighted by molar-refractivity contribution is 0.564. The van der Waals surface area contributed by atoms with E-state index in [1.807, 2.05) is 24.3 Å². The maximum absolute atomic E-state index is 6.21. The summed E-state index contributed by atoms with van der Waals surface area (Å²) in [6, 6.07) is 6.04. The van der Waals surface area contributed by atoms with E-state index in [9.17, 15) is 0 Å². The van der Waals surface area contributed by atoms with E-state index in [4.69, 9.17) is 23.8 Å². The number of benzene rings is 1. The fourth-order valence-electron chi connectivity index (χ4n) is 1.91. The number of aromatic nitrogens is 2. The summed E-state index contributed by atoms with van der Waals surface area (Å²) >= 11 is 11.5. The topological polar surface area (TPSA) is 20.7 Å². The molecule has 0 aliphatic heterocycles. The number of fused-ring (bicyclic) bond motifs is 1. The summed E-state index contributed by atoms with van der Waals surface area (Å²) in [6.07, 6.45) is 2.76. The van der Waals surface area contributed by atoms with Gasteiger partial charge in [0.05, 0.1) is 16.1 Å². The first-order valence-corrected chi connectivity index (χ1v) is 5.93. The highest BCUT2D eigenvalue weighted by molar-refractivity contribution is 7.71. The highest BCUT2D eigenvalue weighted by atomic mass is 35.5. The summed E-state index contributed by atoms with van der Waals surface area (Å²) in [4.78, 5) is 3.17. The summed E-state index contributed by atoms with van der Waals surface area (Å²) in [6.45, 7) is 5.86. The third kappa shape index (κ3) is 1.81. The fraction of sp³-hybridized carbons (Fsp3) is 0.250. The molecule has 0 spiro atoms. The summed E-state index contributed by atoms with van der Waals surface area (Å²) in [5.41, 5.74) is 1.96. The van der Waals surface area contributed by atoms with Gasteiger partial charge in [-0.15, -0.1) is 6.58 Å². The molecule has 0 aliphatic rings. The SMILES string of the molecule is C=CCC(C)n1c(=S)[nH]c2cccc(Cl)c21. The Kier molecular flexibility index (Phi) is 3.17. The standard InChI is InChI=1S/C12H13ClN2S/c1-3-5-8(2)15-11-9(13)6-4-7-10(11)14-12(15)16/h3-4,6-8H,1,5H2,2H3,(H,14,16). The number of rotatable bonds is 3. The first kappa shape index (κ1) is 11.4.